The molecule has 1 aliphatic heterocycles. The van der Waals surface area contributed by atoms with Crippen molar-refractivity contribution in [2.24, 2.45) is 4.99 Å². The van der Waals surface area contributed by atoms with E-state index in [1.54, 1.807) is 27.6 Å². The molecule has 142 valence electrons. The van der Waals surface area contributed by atoms with Gasteiger partial charge in [-0.05, 0) is 23.6 Å². The number of para-hydroxylation sites is 1. The highest BCUT2D eigenvalue weighted by molar-refractivity contribution is 7.14. The van der Waals surface area contributed by atoms with E-state index in [1.165, 1.54) is 17.1 Å². The van der Waals surface area contributed by atoms with Crippen LogP contribution in [0.2, 0.25) is 5.02 Å². The minimum Gasteiger partial charge on any atom is -0.370 e. The van der Waals surface area contributed by atoms with Crippen molar-refractivity contribution in [1.29, 1.82) is 0 Å². The summed E-state index contributed by atoms with van der Waals surface area (Å²) in [6.45, 7) is 6.13. The Hall–Kier alpha value is -1.44. The number of nitrogens with one attached hydrogen (secondary N) is 1. The van der Waals surface area contributed by atoms with Crippen LogP contribution in [0.4, 0.5) is 5.69 Å². The quantitative estimate of drug-likeness (QED) is 0.650. The number of rotatable bonds is 6. The van der Waals surface area contributed by atoms with Gasteiger partial charge < -0.3 is 14.2 Å². The van der Waals surface area contributed by atoms with Gasteiger partial charge in [0.15, 0.2) is 4.80 Å². The van der Waals surface area contributed by atoms with Gasteiger partial charge in [-0.15, -0.1) is 22.7 Å². The van der Waals surface area contributed by atoms with Crippen LogP contribution in [0.15, 0.2) is 52.2 Å². The van der Waals surface area contributed by atoms with Gasteiger partial charge >= 0.3 is 0 Å². The summed E-state index contributed by atoms with van der Waals surface area (Å²) in [5, 5.41) is 5.02. The first kappa shape index (κ1) is 18.9. The lowest BCUT2D eigenvalue weighted by Gasteiger charge is -2.23. The van der Waals surface area contributed by atoms with Gasteiger partial charge in [-0.2, -0.15) is 0 Å². The van der Waals surface area contributed by atoms with E-state index in [1.807, 2.05) is 24.3 Å². The van der Waals surface area contributed by atoms with Crippen molar-refractivity contribution in [2.45, 2.75) is 13.0 Å². The number of nitrogens with zero attached hydrogens (tertiary/aromatic N) is 2. The molecular weight excluding hydrogens is 398 g/mol. The number of halogens is 1. The largest absolute Gasteiger partial charge is 0.370 e. The van der Waals surface area contributed by atoms with Crippen LogP contribution >= 0.6 is 34.3 Å². The summed E-state index contributed by atoms with van der Waals surface area (Å²) < 4.78 is 7.81. The Kier molecular flexibility index (Phi) is 6.42. The molecule has 0 amide bonds. The maximum Gasteiger partial charge on any atom is 0.190 e. The Morgan fingerprint density at radius 2 is 1.96 bits per heavy atom. The monoisotopic (exact) mass is 420 g/mol. The molecule has 7 heteroatoms. The summed E-state index contributed by atoms with van der Waals surface area (Å²) >= 11 is 9.78. The van der Waals surface area contributed by atoms with Crippen LogP contribution in [0.1, 0.15) is 6.42 Å². The molecule has 0 saturated carbocycles. The third kappa shape index (κ3) is 4.70. The molecular formula is C20H23ClN3OS2+. The molecule has 4 nitrogen and oxygen atoms in total. The molecule has 0 aliphatic carbocycles. The molecule has 0 spiro atoms. The van der Waals surface area contributed by atoms with E-state index in [4.69, 9.17) is 21.3 Å². The summed E-state index contributed by atoms with van der Waals surface area (Å²) in [5.41, 5.74) is 2.07. The van der Waals surface area contributed by atoms with Crippen LogP contribution < -0.4 is 9.70 Å². The van der Waals surface area contributed by atoms with E-state index in [0.29, 0.717) is 5.02 Å². The minimum atomic E-state index is 0.688. The number of morpholine rings is 1. The number of quaternary nitrogens is 1. The number of hydrogen-bond donors (Lipinski definition) is 1. The summed E-state index contributed by atoms with van der Waals surface area (Å²) in [6, 6.07) is 12.0. The number of thiophene rings is 1. The molecule has 0 unspecified atom stereocenters. The molecule has 1 aliphatic rings. The molecule has 27 heavy (non-hydrogen) atoms. The van der Waals surface area contributed by atoms with Crippen LogP contribution in [0.3, 0.4) is 0 Å². The van der Waals surface area contributed by atoms with Crippen molar-refractivity contribution in [3.05, 3.63) is 57.0 Å². The number of thiazole rings is 1. The molecule has 3 heterocycles. The predicted octanol–water partition coefficient (Wildman–Crippen LogP) is 3.47. The average Bonchev–Trinajstić information content (AvgIpc) is 3.35. The number of aromatic nitrogens is 1. The molecule has 2 aromatic heterocycles. The number of benzene rings is 1. The van der Waals surface area contributed by atoms with Crippen molar-refractivity contribution < 1.29 is 9.64 Å². The predicted molar refractivity (Wildman–Crippen MR) is 113 cm³/mol. The van der Waals surface area contributed by atoms with Gasteiger partial charge in [0, 0.05) is 18.3 Å². The standard InChI is InChI=1S/C20H22ClN3OS2/c21-16-5-1-2-6-17(16)22-20-24(9-4-8-23-10-12-25-13-11-23)18(15-27-20)19-7-3-14-26-19/h1-3,5-7,14-15H,4,8-13H2/p+1. The lowest BCUT2D eigenvalue weighted by Crippen LogP contribution is -3.14. The van der Waals surface area contributed by atoms with E-state index in [0.717, 1.165) is 49.8 Å². The smallest absolute Gasteiger partial charge is 0.190 e. The van der Waals surface area contributed by atoms with E-state index in [9.17, 15) is 0 Å². The van der Waals surface area contributed by atoms with Gasteiger partial charge in [-0.25, -0.2) is 4.99 Å². The van der Waals surface area contributed by atoms with E-state index in [-0.39, 0.29) is 0 Å². The first-order valence-electron chi connectivity index (χ1n) is 9.24. The normalized spacial score (nSPS) is 16.1. The van der Waals surface area contributed by atoms with Crippen molar-refractivity contribution in [3.63, 3.8) is 0 Å². The Bertz CT molecular complexity index is 927. The molecule has 0 radical (unpaired) electrons. The maximum atomic E-state index is 6.33. The second-order valence-electron chi connectivity index (χ2n) is 6.56. The van der Waals surface area contributed by atoms with Crippen molar-refractivity contribution in [1.82, 2.24) is 4.57 Å². The second kappa shape index (κ2) is 9.17. The maximum absolute atomic E-state index is 6.33. The first-order chi connectivity index (χ1) is 13.3. The zero-order valence-corrected chi connectivity index (χ0v) is 17.5. The minimum absolute atomic E-state index is 0.688. The summed E-state index contributed by atoms with van der Waals surface area (Å²) in [5.74, 6) is 0. The second-order valence-corrected chi connectivity index (χ2v) is 8.75. The summed E-state index contributed by atoms with van der Waals surface area (Å²) in [4.78, 5) is 8.79. The molecule has 1 N–H and O–H groups in total. The molecule has 1 fully saturated rings. The highest BCUT2D eigenvalue weighted by atomic mass is 35.5. The van der Waals surface area contributed by atoms with Gasteiger partial charge in [-0.1, -0.05) is 29.8 Å². The number of hydrogen-bond acceptors (Lipinski definition) is 4. The fraction of sp³-hybridized carbons (Fsp3) is 0.350. The third-order valence-corrected chi connectivity index (χ3v) is 6.83. The molecule has 1 saturated heterocycles. The van der Waals surface area contributed by atoms with E-state index >= 15 is 0 Å². The Morgan fingerprint density at radius 3 is 2.74 bits per heavy atom. The highest BCUT2D eigenvalue weighted by Crippen LogP contribution is 2.27. The third-order valence-electron chi connectivity index (χ3n) is 4.75. The molecule has 0 atom stereocenters. The van der Waals surface area contributed by atoms with Gasteiger partial charge in [0.05, 0.1) is 41.0 Å². The van der Waals surface area contributed by atoms with Gasteiger partial charge in [0.25, 0.3) is 0 Å². The Labute approximate surface area is 172 Å². The van der Waals surface area contributed by atoms with Crippen molar-refractivity contribution in [2.75, 3.05) is 32.8 Å². The van der Waals surface area contributed by atoms with Gasteiger partial charge in [-0.3, -0.25) is 0 Å². The van der Waals surface area contributed by atoms with Crippen LogP contribution in [0.5, 0.6) is 0 Å². The lowest BCUT2D eigenvalue weighted by molar-refractivity contribution is -0.908. The zero-order valence-electron chi connectivity index (χ0n) is 15.1. The molecule has 1 aromatic carbocycles. The molecule has 4 rings (SSSR count). The SMILES string of the molecule is Clc1ccccc1N=c1scc(-c2cccs2)n1CCC[NH+]1CCOCC1. The van der Waals surface area contributed by atoms with Crippen molar-refractivity contribution >= 4 is 40.0 Å². The highest BCUT2D eigenvalue weighted by Gasteiger charge is 2.14. The summed E-state index contributed by atoms with van der Waals surface area (Å²) in [7, 11) is 0. The van der Waals surface area contributed by atoms with E-state index < -0.39 is 0 Å². The van der Waals surface area contributed by atoms with Crippen molar-refractivity contribution in [3.8, 4) is 10.6 Å². The van der Waals surface area contributed by atoms with Crippen LogP contribution in [-0.2, 0) is 11.3 Å². The van der Waals surface area contributed by atoms with Crippen LogP contribution in [0, 0.1) is 0 Å². The first-order valence-corrected chi connectivity index (χ1v) is 11.4. The van der Waals surface area contributed by atoms with Gasteiger partial charge in [0.2, 0.25) is 0 Å². The van der Waals surface area contributed by atoms with E-state index in [2.05, 4.69) is 27.5 Å². The topological polar surface area (TPSA) is 31.0 Å². The lowest BCUT2D eigenvalue weighted by atomic mass is 10.3. The summed E-state index contributed by atoms with van der Waals surface area (Å²) in [6.07, 6.45) is 1.13. The Balaban J connectivity index is 1.60. The van der Waals surface area contributed by atoms with Crippen LogP contribution in [-0.4, -0.2) is 37.4 Å². The average molecular weight is 421 g/mol. The zero-order chi connectivity index (χ0) is 18.5. The Morgan fingerprint density at radius 1 is 1.11 bits per heavy atom. The fourth-order valence-electron chi connectivity index (χ4n) is 3.30. The fourth-order valence-corrected chi connectivity index (χ4v) is 5.24. The molecule has 0 bridgehead atoms. The van der Waals surface area contributed by atoms with Crippen LogP contribution in [0.25, 0.3) is 10.6 Å². The number of ether oxygens (including phenoxy) is 1. The van der Waals surface area contributed by atoms with Gasteiger partial charge in [0.1, 0.15) is 13.1 Å². The molecule has 3 aromatic rings.